The molecule has 3 nitrogen and oxygen atoms in total. The van der Waals surface area contributed by atoms with Crippen molar-refractivity contribution in [3.8, 4) is 0 Å². The van der Waals surface area contributed by atoms with Crippen LogP contribution in [0.25, 0.3) is 0 Å². The van der Waals surface area contributed by atoms with Gasteiger partial charge in [0.1, 0.15) is 0 Å². The molecule has 6 atom stereocenters. The van der Waals surface area contributed by atoms with E-state index in [0.717, 1.165) is 10.0 Å². The topological polar surface area (TPSA) is 37.4 Å². The van der Waals surface area contributed by atoms with E-state index < -0.39 is 0 Å². The van der Waals surface area contributed by atoms with Crippen molar-refractivity contribution in [3.63, 3.8) is 0 Å². The summed E-state index contributed by atoms with van der Waals surface area (Å²) >= 11 is 3.50. The van der Waals surface area contributed by atoms with Gasteiger partial charge in [-0.3, -0.25) is 9.59 Å². The highest BCUT2D eigenvalue weighted by molar-refractivity contribution is 9.10. The molecule has 1 heterocycles. The summed E-state index contributed by atoms with van der Waals surface area (Å²) in [6.45, 7) is 2.00. The molecule has 22 heavy (non-hydrogen) atoms. The molecule has 2 bridgehead atoms. The van der Waals surface area contributed by atoms with Crippen LogP contribution in [-0.4, -0.2) is 11.8 Å². The van der Waals surface area contributed by atoms with Crippen LogP contribution >= 0.6 is 15.9 Å². The number of halogens is 1. The van der Waals surface area contributed by atoms with E-state index in [0.29, 0.717) is 17.5 Å². The van der Waals surface area contributed by atoms with Crippen molar-refractivity contribution in [2.45, 2.75) is 13.3 Å². The molecule has 4 heteroatoms. The molecule has 3 fully saturated rings. The van der Waals surface area contributed by atoms with Gasteiger partial charge in [-0.2, -0.15) is 0 Å². The van der Waals surface area contributed by atoms with Gasteiger partial charge in [-0.15, -0.1) is 0 Å². The molecule has 2 amide bonds. The second kappa shape index (κ2) is 4.10. The molecule has 0 N–H and O–H groups in total. The second-order valence-corrected chi connectivity index (χ2v) is 7.95. The van der Waals surface area contributed by atoms with Crippen molar-refractivity contribution in [1.82, 2.24) is 0 Å². The Bertz CT molecular complexity index is 719. The highest BCUT2D eigenvalue weighted by Gasteiger charge is 2.67. The summed E-state index contributed by atoms with van der Waals surface area (Å²) in [5.74, 6) is 1.66. The number of benzene rings is 1. The van der Waals surface area contributed by atoms with E-state index >= 15 is 0 Å². The SMILES string of the molecule is Cc1ccc(N2C(=O)[C@@H]3[C@H]4C=C[C@@H]([C@@H]5C[C@H]45)[C@@H]3C2=O)cc1Br. The van der Waals surface area contributed by atoms with Crippen LogP contribution in [0, 0.1) is 42.4 Å². The molecular formula is C18H16BrNO2. The van der Waals surface area contributed by atoms with Crippen LogP contribution in [0.1, 0.15) is 12.0 Å². The standard InChI is InChI=1S/C18H16BrNO2/c1-8-2-3-9(6-14(8)19)20-17(21)15-10-4-5-11(13-7-12(10)13)16(15)18(20)22/h2-6,10-13,15-16H,7H2,1H3/t10-,11-,12-,13+,15-,16+/m0/s1. The number of allylic oxidation sites excluding steroid dienone is 2. The lowest BCUT2D eigenvalue weighted by atomic mass is 9.63. The van der Waals surface area contributed by atoms with Crippen LogP contribution in [0.5, 0.6) is 0 Å². The summed E-state index contributed by atoms with van der Waals surface area (Å²) in [6.07, 6.45) is 5.62. The van der Waals surface area contributed by atoms with Gasteiger partial charge in [-0.25, -0.2) is 4.90 Å². The fraction of sp³-hybridized carbons (Fsp3) is 0.444. The van der Waals surface area contributed by atoms with Crippen LogP contribution in [0.4, 0.5) is 5.69 Å². The van der Waals surface area contributed by atoms with Gasteiger partial charge in [-0.05, 0) is 54.7 Å². The van der Waals surface area contributed by atoms with Gasteiger partial charge >= 0.3 is 0 Å². The minimum absolute atomic E-state index is 0.00968. The number of hydrogen-bond donors (Lipinski definition) is 0. The third-order valence-electron chi connectivity index (χ3n) is 6.08. The maximum Gasteiger partial charge on any atom is 0.238 e. The maximum atomic E-state index is 13.0. The zero-order chi connectivity index (χ0) is 15.2. The minimum atomic E-state index is -0.119. The average Bonchev–Trinajstić information content (AvgIpc) is 3.28. The van der Waals surface area contributed by atoms with Gasteiger partial charge in [0.2, 0.25) is 11.8 Å². The first-order valence-electron chi connectivity index (χ1n) is 7.90. The van der Waals surface area contributed by atoms with E-state index in [9.17, 15) is 9.59 Å². The first-order valence-corrected chi connectivity index (χ1v) is 8.69. The van der Waals surface area contributed by atoms with E-state index in [1.165, 1.54) is 11.3 Å². The zero-order valence-electron chi connectivity index (χ0n) is 12.2. The molecule has 0 spiro atoms. The lowest BCUT2D eigenvalue weighted by Crippen LogP contribution is -2.40. The molecule has 112 valence electrons. The Morgan fingerprint density at radius 2 is 1.64 bits per heavy atom. The van der Waals surface area contributed by atoms with E-state index in [2.05, 4.69) is 28.1 Å². The Labute approximate surface area is 137 Å². The zero-order valence-corrected chi connectivity index (χ0v) is 13.8. The van der Waals surface area contributed by atoms with Crippen molar-refractivity contribution in [3.05, 3.63) is 40.4 Å². The number of rotatable bonds is 1. The lowest BCUT2D eigenvalue weighted by Gasteiger charge is -2.37. The number of hydrogen-bond acceptors (Lipinski definition) is 2. The van der Waals surface area contributed by atoms with Crippen LogP contribution in [0.2, 0.25) is 0 Å². The van der Waals surface area contributed by atoms with Gasteiger partial charge in [0.05, 0.1) is 17.5 Å². The molecule has 1 saturated heterocycles. The van der Waals surface area contributed by atoms with Gasteiger partial charge < -0.3 is 0 Å². The van der Waals surface area contributed by atoms with E-state index in [1.54, 1.807) is 0 Å². The van der Waals surface area contributed by atoms with E-state index in [4.69, 9.17) is 0 Å². The molecule has 5 aliphatic rings. The third-order valence-corrected chi connectivity index (χ3v) is 6.93. The van der Waals surface area contributed by atoms with E-state index in [-0.39, 0.29) is 35.5 Å². The number of carbonyl (C=O) groups excluding carboxylic acids is 2. The molecule has 0 radical (unpaired) electrons. The highest BCUT2D eigenvalue weighted by Crippen LogP contribution is 2.65. The fourth-order valence-electron chi connectivity index (χ4n) is 4.93. The quantitative estimate of drug-likeness (QED) is 0.571. The average molecular weight is 358 g/mol. The van der Waals surface area contributed by atoms with Crippen molar-refractivity contribution < 1.29 is 9.59 Å². The Balaban J connectivity index is 1.58. The van der Waals surface area contributed by atoms with Crippen LogP contribution < -0.4 is 4.90 Å². The summed E-state index contributed by atoms with van der Waals surface area (Å²) in [6, 6.07) is 5.72. The normalized spacial score (nSPS) is 40.9. The van der Waals surface area contributed by atoms with Gasteiger partial charge in [0.25, 0.3) is 0 Å². The van der Waals surface area contributed by atoms with Crippen molar-refractivity contribution in [2.24, 2.45) is 35.5 Å². The smallest absolute Gasteiger partial charge is 0.238 e. The molecule has 2 saturated carbocycles. The largest absolute Gasteiger partial charge is 0.274 e. The monoisotopic (exact) mass is 357 g/mol. The van der Waals surface area contributed by atoms with Crippen LogP contribution in [0.15, 0.2) is 34.8 Å². The molecule has 1 aliphatic heterocycles. The maximum absolute atomic E-state index is 13.0. The Kier molecular flexibility index (Phi) is 2.44. The number of carbonyl (C=O) groups is 2. The van der Waals surface area contributed by atoms with Crippen molar-refractivity contribution in [2.75, 3.05) is 4.90 Å². The number of nitrogens with zero attached hydrogens (tertiary/aromatic N) is 1. The predicted molar refractivity (Wildman–Crippen MR) is 86.1 cm³/mol. The number of amides is 2. The Hall–Kier alpha value is -1.42. The number of imide groups is 1. The molecule has 1 aromatic carbocycles. The summed E-state index contributed by atoms with van der Waals surface area (Å²) in [5.41, 5.74) is 1.80. The summed E-state index contributed by atoms with van der Waals surface area (Å²) in [7, 11) is 0. The molecule has 0 unspecified atom stereocenters. The fourth-order valence-corrected chi connectivity index (χ4v) is 5.30. The van der Waals surface area contributed by atoms with Gasteiger partial charge in [-0.1, -0.05) is 34.1 Å². The summed E-state index contributed by atoms with van der Waals surface area (Å²) in [4.78, 5) is 27.4. The summed E-state index contributed by atoms with van der Waals surface area (Å²) in [5, 5.41) is 0. The molecular weight excluding hydrogens is 342 g/mol. The number of anilines is 1. The molecule has 4 aliphatic carbocycles. The highest BCUT2D eigenvalue weighted by atomic mass is 79.9. The Morgan fingerprint density at radius 3 is 2.18 bits per heavy atom. The van der Waals surface area contributed by atoms with E-state index in [1.807, 2.05) is 25.1 Å². The van der Waals surface area contributed by atoms with Crippen LogP contribution in [0.3, 0.4) is 0 Å². The first kappa shape index (κ1) is 13.1. The third kappa shape index (κ3) is 1.47. The predicted octanol–water partition coefficient (Wildman–Crippen LogP) is 3.32. The van der Waals surface area contributed by atoms with Crippen molar-refractivity contribution >= 4 is 33.4 Å². The second-order valence-electron chi connectivity index (χ2n) is 7.10. The number of aryl methyl sites for hydroxylation is 1. The van der Waals surface area contributed by atoms with Crippen LogP contribution in [-0.2, 0) is 9.59 Å². The van der Waals surface area contributed by atoms with Gasteiger partial charge in [0, 0.05) is 4.47 Å². The minimum Gasteiger partial charge on any atom is -0.274 e. The lowest BCUT2D eigenvalue weighted by molar-refractivity contribution is -0.124. The van der Waals surface area contributed by atoms with Gasteiger partial charge in [0.15, 0.2) is 0 Å². The molecule has 1 aromatic rings. The summed E-state index contributed by atoms with van der Waals surface area (Å²) < 4.78 is 0.935. The van der Waals surface area contributed by atoms with Crippen molar-refractivity contribution in [1.29, 1.82) is 0 Å². The molecule has 6 rings (SSSR count). The first-order chi connectivity index (χ1) is 10.6. The Morgan fingerprint density at radius 1 is 1.05 bits per heavy atom. The molecule has 0 aromatic heterocycles.